The molecule has 1 aromatic rings. The maximum Gasteiger partial charge on any atom is 0.418 e. The quantitative estimate of drug-likeness (QED) is 0.772. The largest absolute Gasteiger partial charge is 0.460 e. The van der Waals surface area contributed by atoms with Gasteiger partial charge in [0.15, 0.2) is 6.10 Å². The minimum absolute atomic E-state index is 0.0681. The Morgan fingerprint density at radius 2 is 1.76 bits per heavy atom. The highest BCUT2D eigenvalue weighted by Gasteiger charge is 2.49. The van der Waals surface area contributed by atoms with Crippen LogP contribution in [0.4, 0.5) is 13.2 Å². The summed E-state index contributed by atoms with van der Waals surface area (Å²) in [5.41, 5.74) is -0.220. The lowest BCUT2D eigenvalue weighted by atomic mass is 10.0. The fraction of sp³-hybridized carbons (Fsp3) is 0.533. The van der Waals surface area contributed by atoms with E-state index in [1.54, 1.807) is 32.9 Å². The van der Waals surface area contributed by atoms with Crippen LogP contribution in [-0.2, 0) is 14.3 Å². The Morgan fingerprint density at radius 1 is 1.19 bits per heavy atom. The van der Waals surface area contributed by atoms with E-state index < -0.39 is 30.0 Å². The lowest BCUT2D eigenvalue weighted by molar-refractivity contribution is -0.230. The number of rotatable bonds is 2. The minimum atomic E-state index is -4.50. The first-order valence-electron chi connectivity index (χ1n) is 6.61. The van der Waals surface area contributed by atoms with E-state index in [0.717, 1.165) is 0 Å². The SMILES string of the molecule is CC(C)(C)OC(=O)CC1OC(C(F)(F)F)c2ccccc21. The van der Waals surface area contributed by atoms with Gasteiger partial charge in [-0.1, -0.05) is 24.3 Å². The number of fused-ring (bicyclic) bond motifs is 1. The molecule has 0 bridgehead atoms. The molecule has 2 rings (SSSR count). The van der Waals surface area contributed by atoms with E-state index in [0.29, 0.717) is 5.56 Å². The second kappa shape index (κ2) is 5.33. The molecule has 0 radical (unpaired) electrons. The molecule has 0 aromatic heterocycles. The van der Waals surface area contributed by atoms with Crippen molar-refractivity contribution in [3.63, 3.8) is 0 Å². The summed E-state index contributed by atoms with van der Waals surface area (Å²) in [7, 11) is 0. The first-order chi connectivity index (χ1) is 9.58. The molecule has 2 unspecified atom stereocenters. The zero-order chi connectivity index (χ0) is 15.8. The lowest BCUT2D eigenvalue weighted by Gasteiger charge is -2.21. The molecule has 21 heavy (non-hydrogen) atoms. The summed E-state index contributed by atoms with van der Waals surface area (Å²) >= 11 is 0. The predicted octanol–water partition coefficient (Wildman–Crippen LogP) is 4.09. The van der Waals surface area contributed by atoms with Crippen molar-refractivity contribution in [3.05, 3.63) is 35.4 Å². The third-order valence-corrected chi connectivity index (χ3v) is 3.00. The topological polar surface area (TPSA) is 35.5 Å². The Hall–Kier alpha value is -1.56. The maximum absolute atomic E-state index is 13.0. The van der Waals surface area contributed by atoms with Crippen molar-refractivity contribution < 1.29 is 27.4 Å². The van der Waals surface area contributed by atoms with Gasteiger partial charge in [-0.3, -0.25) is 4.79 Å². The standard InChI is InChI=1S/C15H17F3O3/c1-14(2,3)21-12(19)8-11-9-6-4-5-7-10(9)13(20-11)15(16,17)18/h4-7,11,13H,8H2,1-3H3. The van der Waals surface area contributed by atoms with Gasteiger partial charge in [-0.2, -0.15) is 13.2 Å². The van der Waals surface area contributed by atoms with Gasteiger partial charge in [0.05, 0.1) is 12.5 Å². The molecule has 3 nitrogen and oxygen atoms in total. The van der Waals surface area contributed by atoms with Crippen LogP contribution >= 0.6 is 0 Å². The molecule has 1 aromatic carbocycles. The number of ether oxygens (including phenoxy) is 2. The van der Waals surface area contributed by atoms with E-state index in [2.05, 4.69) is 0 Å². The number of hydrogen-bond donors (Lipinski definition) is 0. The predicted molar refractivity (Wildman–Crippen MR) is 69.5 cm³/mol. The van der Waals surface area contributed by atoms with Gasteiger partial charge < -0.3 is 9.47 Å². The fourth-order valence-corrected chi connectivity index (χ4v) is 2.30. The molecule has 0 aliphatic carbocycles. The van der Waals surface area contributed by atoms with Crippen LogP contribution in [0.1, 0.15) is 50.5 Å². The van der Waals surface area contributed by atoms with E-state index >= 15 is 0 Å². The van der Waals surface area contributed by atoms with Gasteiger partial charge in [-0.25, -0.2) is 0 Å². The number of hydrogen-bond acceptors (Lipinski definition) is 3. The molecule has 0 saturated carbocycles. The summed E-state index contributed by atoms with van der Waals surface area (Å²) in [6.45, 7) is 5.10. The van der Waals surface area contributed by atoms with Crippen LogP contribution in [0.3, 0.4) is 0 Å². The van der Waals surface area contributed by atoms with E-state index in [1.165, 1.54) is 12.1 Å². The summed E-state index contributed by atoms with van der Waals surface area (Å²) < 4.78 is 49.1. The van der Waals surface area contributed by atoms with Gasteiger partial charge in [-0.05, 0) is 31.9 Å². The first-order valence-corrected chi connectivity index (χ1v) is 6.61. The van der Waals surface area contributed by atoms with Crippen LogP contribution in [0.5, 0.6) is 0 Å². The molecule has 1 aliphatic rings. The van der Waals surface area contributed by atoms with Crippen molar-refractivity contribution in [1.29, 1.82) is 0 Å². The van der Waals surface area contributed by atoms with Crippen LogP contribution in [0.2, 0.25) is 0 Å². The number of esters is 1. The van der Waals surface area contributed by atoms with E-state index in [1.807, 2.05) is 0 Å². The summed E-state index contributed by atoms with van der Waals surface area (Å²) in [4.78, 5) is 11.8. The van der Waals surface area contributed by atoms with Gasteiger partial charge >= 0.3 is 12.1 Å². The van der Waals surface area contributed by atoms with E-state index in [-0.39, 0.29) is 12.0 Å². The van der Waals surface area contributed by atoms with Crippen LogP contribution in [0.25, 0.3) is 0 Å². The zero-order valence-corrected chi connectivity index (χ0v) is 12.0. The molecule has 1 heterocycles. The molecule has 6 heteroatoms. The molecule has 0 N–H and O–H groups in total. The highest BCUT2D eigenvalue weighted by Crippen LogP contribution is 2.48. The average molecular weight is 302 g/mol. The molecule has 0 saturated heterocycles. The van der Waals surface area contributed by atoms with Crippen LogP contribution in [0, 0.1) is 0 Å². The monoisotopic (exact) mass is 302 g/mol. The van der Waals surface area contributed by atoms with Crippen LogP contribution < -0.4 is 0 Å². The average Bonchev–Trinajstić information content (AvgIpc) is 2.66. The highest BCUT2D eigenvalue weighted by molar-refractivity contribution is 5.71. The van der Waals surface area contributed by atoms with Crippen molar-refractivity contribution in [3.8, 4) is 0 Å². The third-order valence-electron chi connectivity index (χ3n) is 3.00. The number of benzene rings is 1. The molecule has 1 aliphatic heterocycles. The second-order valence-electron chi connectivity index (χ2n) is 5.97. The Labute approximate surface area is 121 Å². The molecule has 0 spiro atoms. The van der Waals surface area contributed by atoms with Crippen LogP contribution in [-0.4, -0.2) is 17.7 Å². The third kappa shape index (κ3) is 3.75. The summed E-state index contributed by atoms with van der Waals surface area (Å²) in [6, 6.07) is 6.08. The second-order valence-corrected chi connectivity index (χ2v) is 5.97. The fourth-order valence-electron chi connectivity index (χ4n) is 2.30. The van der Waals surface area contributed by atoms with E-state index in [4.69, 9.17) is 9.47 Å². The molecule has 2 atom stereocenters. The maximum atomic E-state index is 13.0. The molecule has 0 amide bonds. The van der Waals surface area contributed by atoms with Gasteiger partial charge in [0, 0.05) is 0 Å². The number of halogens is 3. The molecule has 0 fully saturated rings. The molecular formula is C15H17F3O3. The Balaban J connectivity index is 2.18. The Bertz CT molecular complexity index is 532. The van der Waals surface area contributed by atoms with E-state index in [9.17, 15) is 18.0 Å². The minimum Gasteiger partial charge on any atom is -0.460 e. The normalized spacial score (nSPS) is 22.0. The molecule has 116 valence electrons. The molecular weight excluding hydrogens is 285 g/mol. The van der Waals surface area contributed by atoms with Gasteiger partial charge in [0.1, 0.15) is 5.60 Å². The summed E-state index contributed by atoms with van der Waals surface area (Å²) in [5.74, 6) is -0.579. The smallest absolute Gasteiger partial charge is 0.418 e. The first kappa shape index (κ1) is 15.8. The highest BCUT2D eigenvalue weighted by atomic mass is 19.4. The van der Waals surface area contributed by atoms with Crippen molar-refractivity contribution in [1.82, 2.24) is 0 Å². The van der Waals surface area contributed by atoms with Crippen molar-refractivity contribution >= 4 is 5.97 Å². The Kier molecular flexibility index (Phi) is 4.02. The number of carbonyl (C=O) groups is 1. The summed E-state index contributed by atoms with van der Waals surface area (Å²) in [6.07, 6.45) is -7.65. The van der Waals surface area contributed by atoms with Gasteiger partial charge in [0.2, 0.25) is 0 Å². The van der Waals surface area contributed by atoms with Crippen molar-refractivity contribution in [2.24, 2.45) is 0 Å². The summed E-state index contributed by atoms with van der Waals surface area (Å²) in [5, 5.41) is 0. The zero-order valence-electron chi connectivity index (χ0n) is 12.0. The van der Waals surface area contributed by atoms with Gasteiger partial charge in [-0.15, -0.1) is 0 Å². The van der Waals surface area contributed by atoms with Crippen molar-refractivity contribution in [2.75, 3.05) is 0 Å². The Morgan fingerprint density at radius 3 is 2.29 bits per heavy atom. The van der Waals surface area contributed by atoms with Crippen LogP contribution in [0.15, 0.2) is 24.3 Å². The number of alkyl halides is 3. The van der Waals surface area contributed by atoms with Gasteiger partial charge in [0.25, 0.3) is 0 Å². The van der Waals surface area contributed by atoms with Crippen molar-refractivity contribution in [2.45, 2.75) is 51.2 Å². The number of carbonyl (C=O) groups excluding carboxylic acids is 1. The lowest BCUT2D eigenvalue weighted by Crippen LogP contribution is -2.25.